The quantitative estimate of drug-likeness (QED) is 0.727. The predicted molar refractivity (Wildman–Crippen MR) is 69.9 cm³/mol. The number of rotatable bonds is 2. The molecule has 0 fully saturated rings. The summed E-state index contributed by atoms with van der Waals surface area (Å²) in [4.78, 5) is 12.4. The maximum atomic E-state index is 4.73. The molecule has 3 rings (SSSR count). The first-order valence-corrected chi connectivity index (χ1v) is 5.96. The summed E-state index contributed by atoms with van der Waals surface area (Å²) >= 11 is 0. The Hall–Kier alpha value is -1.90. The number of nitrogens with one attached hydrogen (secondary N) is 1. The first-order chi connectivity index (χ1) is 8.25. The Morgan fingerprint density at radius 2 is 2.06 bits per heavy atom. The Kier molecular flexibility index (Phi) is 2.32. The van der Waals surface area contributed by atoms with Crippen molar-refractivity contribution in [2.45, 2.75) is 20.3 Å². The standard InChI is InChI=1S/C14H15N3/c1-9(2)7-12-14-13(15-8-16-14)10-5-3-4-6-11(10)17-12/h3-6,8-9H,7H2,1-2H3,(H,15,16). The number of hydrogen-bond donors (Lipinski definition) is 1. The molecular weight excluding hydrogens is 210 g/mol. The zero-order valence-electron chi connectivity index (χ0n) is 10.1. The molecule has 0 aliphatic heterocycles. The van der Waals surface area contributed by atoms with Gasteiger partial charge in [0.05, 0.1) is 23.1 Å². The van der Waals surface area contributed by atoms with Crippen molar-refractivity contribution in [2.24, 2.45) is 5.92 Å². The van der Waals surface area contributed by atoms with E-state index in [0.29, 0.717) is 5.92 Å². The van der Waals surface area contributed by atoms with Crippen LogP contribution in [0, 0.1) is 5.92 Å². The number of aromatic nitrogens is 3. The van der Waals surface area contributed by atoms with E-state index in [4.69, 9.17) is 4.98 Å². The second-order valence-electron chi connectivity index (χ2n) is 4.80. The van der Waals surface area contributed by atoms with Gasteiger partial charge in [0.1, 0.15) is 5.52 Å². The molecule has 2 aromatic heterocycles. The average molecular weight is 225 g/mol. The highest BCUT2D eigenvalue weighted by Gasteiger charge is 2.11. The lowest BCUT2D eigenvalue weighted by molar-refractivity contribution is 0.640. The van der Waals surface area contributed by atoms with Gasteiger partial charge in [0.2, 0.25) is 0 Å². The van der Waals surface area contributed by atoms with Crippen LogP contribution in [0.4, 0.5) is 0 Å². The van der Waals surface area contributed by atoms with E-state index in [1.807, 2.05) is 12.1 Å². The normalized spacial score (nSPS) is 11.7. The summed E-state index contributed by atoms with van der Waals surface area (Å²) in [6.45, 7) is 4.41. The van der Waals surface area contributed by atoms with Crippen molar-refractivity contribution in [3.63, 3.8) is 0 Å². The smallest absolute Gasteiger partial charge is 0.110 e. The van der Waals surface area contributed by atoms with E-state index in [0.717, 1.165) is 34.1 Å². The van der Waals surface area contributed by atoms with E-state index < -0.39 is 0 Å². The summed E-state index contributed by atoms with van der Waals surface area (Å²) in [6, 6.07) is 8.20. The Bertz CT molecular complexity index is 667. The number of hydrogen-bond acceptors (Lipinski definition) is 2. The van der Waals surface area contributed by atoms with Gasteiger partial charge >= 0.3 is 0 Å². The molecule has 17 heavy (non-hydrogen) atoms. The third-order valence-corrected chi connectivity index (χ3v) is 2.94. The largest absolute Gasteiger partial charge is 0.344 e. The van der Waals surface area contributed by atoms with E-state index in [1.54, 1.807) is 6.33 Å². The second kappa shape index (κ2) is 3.84. The van der Waals surface area contributed by atoms with Crippen LogP contribution in [0.3, 0.4) is 0 Å². The zero-order chi connectivity index (χ0) is 11.8. The molecule has 1 aromatic carbocycles. The van der Waals surface area contributed by atoms with Gasteiger partial charge in [-0.3, -0.25) is 4.98 Å². The molecule has 3 nitrogen and oxygen atoms in total. The lowest BCUT2D eigenvalue weighted by atomic mass is 10.0. The summed E-state index contributed by atoms with van der Waals surface area (Å²) < 4.78 is 0. The molecule has 0 unspecified atom stereocenters. The molecule has 2 heterocycles. The maximum Gasteiger partial charge on any atom is 0.110 e. The molecule has 0 saturated heterocycles. The molecule has 0 saturated carbocycles. The average Bonchev–Trinajstić information content (AvgIpc) is 2.78. The van der Waals surface area contributed by atoms with Gasteiger partial charge in [-0.15, -0.1) is 0 Å². The Labute approximate surface area is 99.9 Å². The van der Waals surface area contributed by atoms with Gasteiger partial charge in [-0.05, 0) is 18.4 Å². The van der Waals surface area contributed by atoms with E-state index in [2.05, 4.69) is 35.9 Å². The first-order valence-electron chi connectivity index (χ1n) is 5.96. The zero-order valence-corrected chi connectivity index (χ0v) is 10.1. The van der Waals surface area contributed by atoms with Gasteiger partial charge < -0.3 is 4.98 Å². The van der Waals surface area contributed by atoms with Crippen molar-refractivity contribution in [2.75, 3.05) is 0 Å². The third-order valence-electron chi connectivity index (χ3n) is 2.94. The highest BCUT2D eigenvalue weighted by molar-refractivity contribution is 6.02. The molecule has 3 aromatic rings. The molecule has 0 spiro atoms. The number of para-hydroxylation sites is 1. The van der Waals surface area contributed by atoms with Crippen molar-refractivity contribution in [3.8, 4) is 0 Å². The van der Waals surface area contributed by atoms with Crippen LogP contribution < -0.4 is 0 Å². The summed E-state index contributed by atoms with van der Waals surface area (Å²) in [6.07, 6.45) is 2.72. The van der Waals surface area contributed by atoms with E-state index in [-0.39, 0.29) is 0 Å². The monoisotopic (exact) mass is 225 g/mol. The van der Waals surface area contributed by atoms with Gasteiger partial charge in [-0.2, -0.15) is 0 Å². The van der Waals surface area contributed by atoms with Crippen LogP contribution in [-0.2, 0) is 6.42 Å². The summed E-state index contributed by atoms with van der Waals surface area (Å²) in [5.41, 5.74) is 4.25. The predicted octanol–water partition coefficient (Wildman–Crippen LogP) is 3.31. The summed E-state index contributed by atoms with van der Waals surface area (Å²) in [7, 11) is 0. The van der Waals surface area contributed by atoms with E-state index in [1.165, 1.54) is 0 Å². The molecule has 86 valence electrons. The molecule has 0 radical (unpaired) electrons. The number of fused-ring (bicyclic) bond motifs is 3. The van der Waals surface area contributed by atoms with E-state index >= 15 is 0 Å². The molecule has 0 bridgehead atoms. The summed E-state index contributed by atoms with van der Waals surface area (Å²) in [5.74, 6) is 0.587. The SMILES string of the molecule is CC(C)Cc1nc2ccccc2c2[nH]cnc12. The van der Waals surface area contributed by atoms with Crippen molar-refractivity contribution >= 4 is 21.9 Å². The second-order valence-corrected chi connectivity index (χ2v) is 4.80. The van der Waals surface area contributed by atoms with Gasteiger partial charge in [0, 0.05) is 5.39 Å². The van der Waals surface area contributed by atoms with Gasteiger partial charge in [-0.25, -0.2) is 4.98 Å². The molecule has 3 heteroatoms. The topological polar surface area (TPSA) is 41.6 Å². The highest BCUT2D eigenvalue weighted by atomic mass is 14.9. The molecule has 1 N–H and O–H groups in total. The van der Waals surface area contributed by atoms with Crippen LogP contribution >= 0.6 is 0 Å². The van der Waals surface area contributed by atoms with Crippen LogP contribution in [0.15, 0.2) is 30.6 Å². The minimum absolute atomic E-state index is 0.587. The van der Waals surface area contributed by atoms with Crippen LogP contribution in [0.25, 0.3) is 21.9 Å². The molecule has 0 aliphatic carbocycles. The third kappa shape index (κ3) is 1.68. The Morgan fingerprint density at radius 3 is 2.88 bits per heavy atom. The van der Waals surface area contributed by atoms with Crippen LogP contribution in [0.2, 0.25) is 0 Å². The lowest BCUT2D eigenvalue weighted by Crippen LogP contribution is -1.99. The maximum absolute atomic E-state index is 4.73. The van der Waals surface area contributed by atoms with Crippen molar-refractivity contribution in [1.29, 1.82) is 0 Å². The number of aromatic amines is 1. The van der Waals surface area contributed by atoms with Crippen molar-refractivity contribution < 1.29 is 0 Å². The van der Waals surface area contributed by atoms with Crippen LogP contribution in [0.1, 0.15) is 19.5 Å². The minimum Gasteiger partial charge on any atom is -0.344 e. The fourth-order valence-electron chi connectivity index (χ4n) is 2.23. The number of nitrogens with zero attached hydrogens (tertiary/aromatic N) is 2. The molecule has 0 atom stereocenters. The number of H-pyrrole nitrogens is 1. The highest BCUT2D eigenvalue weighted by Crippen LogP contribution is 2.24. The Morgan fingerprint density at radius 1 is 1.24 bits per heavy atom. The van der Waals surface area contributed by atoms with Gasteiger partial charge in [0.25, 0.3) is 0 Å². The number of pyridine rings is 1. The Balaban J connectivity index is 2.35. The lowest BCUT2D eigenvalue weighted by Gasteiger charge is -2.07. The number of benzene rings is 1. The van der Waals surface area contributed by atoms with Crippen LogP contribution in [-0.4, -0.2) is 15.0 Å². The van der Waals surface area contributed by atoms with Gasteiger partial charge in [0.15, 0.2) is 0 Å². The number of imidazole rings is 1. The minimum atomic E-state index is 0.587. The van der Waals surface area contributed by atoms with Gasteiger partial charge in [-0.1, -0.05) is 32.0 Å². The first kappa shape index (κ1) is 10.3. The fraction of sp³-hybridized carbons (Fsp3) is 0.286. The van der Waals surface area contributed by atoms with Crippen molar-refractivity contribution in [3.05, 3.63) is 36.3 Å². The van der Waals surface area contributed by atoms with Crippen molar-refractivity contribution in [1.82, 2.24) is 15.0 Å². The molecular formula is C14H15N3. The summed E-state index contributed by atoms with van der Waals surface area (Å²) in [5, 5.41) is 1.15. The molecule has 0 amide bonds. The van der Waals surface area contributed by atoms with E-state index in [9.17, 15) is 0 Å². The molecule has 0 aliphatic rings. The van der Waals surface area contributed by atoms with Crippen LogP contribution in [0.5, 0.6) is 0 Å². The fourth-order valence-corrected chi connectivity index (χ4v) is 2.23.